The van der Waals surface area contributed by atoms with Crippen LogP contribution in [0.4, 0.5) is 0 Å². The molecule has 0 amide bonds. The van der Waals surface area contributed by atoms with Crippen LogP contribution in [-0.4, -0.2) is 16.8 Å². The molecule has 1 aliphatic heterocycles. The highest BCUT2D eigenvalue weighted by atomic mass is 127. The lowest BCUT2D eigenvalue weighted by atomic mass is 10.1. The minimum Gasteiger partial charge on any atom is -0.414 e. The molecule has 1 aliphatic rings. The average Bonchev–Trinajstić information content (AvgIpc) is 2.54. The third-order valence-electron chi connectivity index (χ3n) is 1.87. The Labute approximate surface area is 83.8 Å². The van der Waals surface area contributed by atoms with Gasteiger partial charge in [0.15, 0.2) is 0 Å². The number of ether oxygens (including phenoxy) is 1. The second-order valence-corrected chi connectivity index (χ2v) is 3.67. The van der Waals surface area contributed by atoms with Crippen LogP contribution >= 0.6 is 22.6 Å². The molecule has 0 radical (unpaired) electrons. The van der Waals surface area contributed by atoms with Crippen LogP contribution in [0.1, 0.15) is 31.3 Å². The average molecular weight is 280 g/mol. The zero-order valence-electron chi connectivity index (χ0n) is 6.49. The van der Waals surface area contributed by atoms with Gasteiger partial charge in [-0.2, -0.15) is 0 Å². The predicted octanol–water partition coefficient (Wildman–Crippen LogP) is 1.92. The molecule has 0 N–H and O–H groups in total. The van der Waals surface area contributed by atoms with Crippen LogP contribution in [0.3, 0.4) is 0 Å². The van der Waals surface area contributed by atoms with Crippen molar-refractivity contribution in [3.05, 3.63) is 9.79 Å². The molecule has 0 spiro atoms. The van der Waals surface area contributed by atoms with Crippen molar-refractivity contribution >= 4 is 22.6 Å². The van der Waals surface area contributed by atoms with E-state index in [2.05, 4.69) is 10.2 Å². The van der Waals surface area contributed by atoms with Gasteiger partial charge in [-0.3, -0.25) is 0 Å². The highest BCUT2D eigenvalue weighted by Gasteiger charge is 2.21. The Hall–Kier alpha value is -0.170. The van der Waals surface area contributed by atoms with Crippen LogP contribution in [0.5, 0.6) is 0 Å². The van der Waals surface area contributed by atoms with Crippen molar-refractivity contribution in [3.63, 3.8) is 0 Å². The van der Waals surface area contributed by atoms with E-state index in [1.54, 1.807) is 0 Å². The van der Waals surface area contributed by atoms with E-state index in [1.165, 1.54) is 6.42 Å². The summed E-state index contributed by atoms with van der Waals surface area (Å²) in [6.07, 6.45) is 3.36. The summed E-state index contributed by atoms with van der Waals surface area (Å²) >= 11 is 2.00. The van der Waals surface area contributed by atoms with Crippen LogP contribution in [-0.2, 0) is 4.74 Å². The molecule has 0 aromatic carbocycles. The molecular formula is C7H9IN2O2. The fraction of sp³-hybridized carbons (Fsp3) is 0.714. The fourth-order valence-electron chi connectivity index (χ4n) is 1.28. The van der Waals surface area contributed by atoms with E-state index in [4.69, 9.17) is 9.15 Å². The molecule has 2 rings (SSSR count). The van der Waals surface area contributed by atoms with Gasteiger partial charge < -0.3 is 9.15 Å². The molecule has 1 aromatic heterocycles. The van der Waals surface area contributed by atoms with Crippen molar-refractivity contribution < 1.29 is 9.15 Å². The topological polar surface area (TPSA) is 48.2 Å². The second-order valence-electron chi connectivity index (χ2n) is 2.75. The standard InChI is InChI=1S/C7H9IN2O2/c8-7-10-9-6(12-7)5-3-1-2-4-11-5/h5H,1-4H2. The lowest BCUT2D eigenvalue weighted by Crippen LogP contribution is -2.11. The first kappa shape index (κ1) is 8.43. The number of halogens is 1. The van der Waals surface area contributed by atoms with Crippen molar-refractivity contribution in [1.82, 2.24) is 10.2 Å². The summed E-state index contributed by atoms with van der Waals surface area (Å²) in [5.74, 6) is 0.624. The summed E-state index contributed by atoms with van der Waals surface area (Å²) in [6.45, 7) is 0.809. The first-order chi connectivity index (χ1) is 5.86. The highest BCUT2D eigenvalue weighted by molar-refractivity contribution is 14.1. The van der Waals surface area contributed by atoms with Gasteiger partial charge in [0.25, 0.3) is 3.90 Å². The van der Waals surface area contributed by atoms with Gasteiger partial charge in [-0.25, -0.2) is 0 Å². The smallest absolute Gasteiger partial charge is 0.278 e. The lowest BCUT2D eigenvalue weighted by molar-refractivity contribution is -0.00206. The van der Waals surface area contributed by atoms with E-state index in [0.29, 0.717) is 9.79 Å². The maximum absolute atomic E-state index is 5.48. The van der Waals surface area contributed by atoms with Gasteiger partial charge in [-0.1, -0.05) is 0 Å². The normalized spacial score (nSPS) is 24.2. The fourth-order valence-corrected chi connectivity index (χ4v) is 1.61. The molecule has 1 atom stereocenters. The molecule has 4 nitrogen and oxygen atoms in total. The third kappa shape index (κ3) is 1.77. The SMILES string of the molecule is Ic1nnc(C2CCCCO2)o1. The van der Waals surface area contributed by atoms with E-state index in [1.807, 2.05) is 22.6 Å². The second kappa shape index (κ2) is 3.69. The Morgan fingerprint density at radius 1 is 1.33 bits per heavy atom. The van der Waals surface area contributed by atoms with Crippen LogP contribution < -0.4 is 0 Å². The van der Waals surface area contributed by atoms with E-state index in [0.717, 1.165) is 19.4 Å². The van der Waals surface area contributed by atoms with Crippen molar-refractivity contribution in [2.45, 2.75) is 25.4 Å². The van der Waals surface area contributed by atoms with Gasteiger partial charge in [0, 0.05) is 29.2 Å². The zero-order chi connectivity index (χ0) is 8.39. The van der Waals surface area contributed by atoms with Gasteiger partial charge in [0.1, 0.15) is 6.10 Å². The number of nitrogens with zero attached hydrogens (tertiary/aromatic N) is 2. The molecule has 1 aromatic rings. The summed E-state index contributed by atoms with van der Waals surface area (Å²) in [6, 6.07) is 0. The van der Waals surface area contributed by atoms with E-state index in [9.17, 15) is 0 Å². The minimum absolute atomic E-state index is 0.0368. The Balaban J connectivity index is 2.08. The third-order valence-corrected chi connectivity index (χ3v) is 2.31. The first-order valence-electron chi connectivity index (χ1n) is 3.97. The minimum atomic E-state index is 0.0368. The van der Waals surface area contributed by atoms with E-state index in [-0.39, 0.29) is 6.10 Å². The summed E-state index contributed by atoms with van der Waals surface area (Å²) < 4.78 is 11.3. The van der Waals surface area contributed by atoms with Gasteiger partial charge >= 0.3 is 0 Å². The zero-order valence-corrected chi connectivity index (χ0v) is 8.65. The molecule has 1 fully saturated rings. The van der Waals surface area contributed by atoms with Crippen LogP contribution in [0.25, 0.3) is 0 Å². The lowest BCUT2D eigenvalue weighted by Gasteiger charge is -2.18. The monoisotopic (exact) mass is 280 g/mol. The van der Waals surface area contributed by atoms with Gasteiger partial charge in [-0.15, -0.1) is 10.2 Å². The summed E-state index contributed by atoms with van der Waals surface area (Å²) in [5, 5.41) is 7.67. The maximum Gasteiger partial charge on any atom is 0.278 e. The van der Waals surface area contributed by atoms with Crippen molar-refractivity contribution in [3.8, 4) is 0 Å². The summed E-state index contributed by atoms with van der Waals surface area (Å²) in [7, 11) is 0. The first-order valence-corrected chi connectivity index (χ1v) is 5.04. The number of rotatable bonds is 1. The molecule has 0 aliphatic carbocycles. The maximum atomic E-state index is 5.48. The molecule has 66 valence electrons. The predicted molar refractivity (Wildman–Crippen MR) is 49.6 cm³/mol. The van der Waals surface area contributed by atoms with Crippen molar-refractivity contribution in [2.75, 3.05) is 6.61 Å². The van der Waals surface area contributed by atoms with E-state index >= 15 is 0 Å². The van der Waals surface area contributed by atoms with E-state index < -0.39 is 0 Å². The summed E-state index contributed by atoms with van der Waals surface area (Å²) in [5.41, 5.74) is 0. The molecule has 5 heteroatoms. The molecule has 2 heterocycles. The molecule has 0 saturated carbocycles. The number of hydrogen-bond acceptors (Lipinski definition) is 4. The largest absolute Gasteiger partial charge is 0.414 e. The molecule has 1 saturated heterocycles. The summed E-state index contributed by atoms with van der Waals surface area (Å²) in [4.78, 5) is 0. The van der Waals surface area contributed by atoms with Crippen LogP contribution in [0.15, 0.2) is 4.42 Å². The van der Waals surface area contributed by atoms with Crippen molar-refractivity contribution in [2.24, 2.45) is 0 Å². The molecule has 1 unspecified atom stereocenters. The quantitative estimate of drug-likeness (QED) is 0.737. The van der Waals surface area contributed by atoms with Gasteiger partial charge in [-0.05, 0) is 19.3 Å². The molecule has 0 bridgehead atoms. The van der Waals surface area contributed by atoms with Gasteiger partial charge in [0.2, 0.25) is 5.89 Å². The van der Waals surface area contributed by atoms with Crippen LogP contribution in [0.2, 0.25) is 0 Å². The molecule has 12 heavy (non-hydrogen) atoms. The Morgan fingerprint density at radius 2 is 2.25 bits per heavy atom. The highest BCUT2D eigenvalue weighted by Crippen LogP contribution is 2.26. The van der Waals surface area contributed by atoms with Gasteiger partial charge in [0.05, 0.1) is 0 Å². The van der Waals surface area contributed by atoms with Crippen LogP contribution in [0, 0.1) is 3.90 Å². The molecular weight excluding hydrogens is 271 g/mol. The Morgan fingerprint density at radius 3 is 2.83 bits per heavy atom. The van der Waals surface area contributed by atoms with Crippen molar-refractivity contribution in [1.29, 1.82) is 0 Å². The number of aromatic nitrogens is 2. The number of hydrogen-bond donors (Lipinski definition) is 0. The Kier molecular flexibility index (Phi) is 2.60. The Bertz CT molecular complexity index is 258.